The first-order valence-electron chi connectivity index (χ1n) is 4.54. The maximum absolute atomic E-state index is 12.9. The third-order valence-corrected chi connectivity index (χ3v) is 1.75. The lowest BCUT2D eigenvalue weighted by molar-refractivity contribution is 0.628. The van der Waals surface area contributed by atoms with Crippen LogP contribution in [0.15, 0.2) is 23.2 Å². The Morgan fingerprint density at radius 1 is 1.47 bits per heavy atom. The van der Waals surface area contributed by atoms with Gasteiger partial charge in [-0.1, -0.05) is 11.6 Å². The van der Waals surface area contributed by atoms with E-state index in [9.17, 15) is 4.39 Å². The molecule has 0 aromatic heterocycles. The zero-order chi connectivity index (χ0) is 11.4. The van der Waals surface area contributed by atoms with Gasteiger partial charge in [0.05, 0.1) is 0 Å². The van der Waals surface area contributed by atoms with Crippen LogP contribution in [-0.2, 0) is 0 Å². The predicted octanol–water partition coefficient (Wildman–Crippen LogP) is 2.61. The minimum atomic E-state index is -0.414. The van der Waals surface area contributed by atoms with Crippen LogP contribution >= 0.6 is 11.6 Å². The molecule has 82 valence electrons. The van der Waals surface area contributed by atoms with E-state index < -0.39 is 5.82 Å². The Hall–Kier alpha value is -1.29. The molecule has 3 N–H and O–H groups in total. The topological polar surface area (TPSA) is 50.4 Å². The highest BCUT2D eigenvalue weighted by Gasteiger charge is 2.00. The summed E-state index contributed by atoms with van der Waals surface area (Å²) in [7, 11) is 0. The Balaban J connectivity index is 2.81. The molecular weight excluding hydrogens is 217 g/mol. The molecule has 0 unspecified atom stereocenters. The molecule has 1 aromatic carbocycles. The van der Waals surface area contributed by atoms with Gasteiger partial charge in [-0.25, -0.2) is 4.39 Å². The van der Waals surface area contributed by atoms with Gasteiger partial charge in [0.1, 0.15) is 5.82 Å². The van der Waals surface area contributed by atoms with Crippen molar-refractivity contribution in [3.8, 4) is 0 Å². The molecule has 0 saturated carbocycles. The van der Waals surface area contributed by atoms with Crippen LogP contribution < -0.4 is 11.1 Å². The minimum absolute atomic E-state index is 0.0848. The summed E-state index contributed by atoms with van der Waals surface area (Å²) in [6, 6.07) is 4.19. The molecule has 15 heavy (non-hydrogen) atoms. The molecule has 0 spiro atoms. The molecule has 3 nitrogen and oxygen atoms in total. The van der Waals surface area contributed by atoms with E-state index in [1.54, 1.807) is 6.07 Å². The zero-order valence-corrected chi connectivity index (χ0v) is 9.35. The number of hydrogen-bond acceptors (Lipinski definition) is 1. The largest absolute Gasteiger partial charge is 0.370 e. The molecule has 0 radical (unpaired) electrons. The van der Waals surface area contributed by atoms with Gasteiger partial charge in [-0.2, -0.15) is 0 Å². The summed E-state index contributed by atoms with van der Waals surface area (Å²) in [5.74, 6) is -0.172. The van der Waals surface area contributed by atoms with Gasteiger partial charge < -0.3 is 11.1 Å². The molecule has 1 aromatic rings. The quantitative estimate of drug-likeness (QED) is 0.605. The maximum atomic E-state index is 12.9. The molecule has 0 atom stereocenters. The van der Waals surface area contributed by atoms with E-state index >= 15 is 0 Å². The van der Waals surface area contributed by atoms with E-state index in [2.05, 4.69) is 10.3 Å². The molecular formula is C10H13ClFN3. The zero-order valence-electron chi connectivity index (χ0n) is 8.59. The SMILES string of the molecule is CC(C)N=C(N)Nc1cc(F)cc(Cl)c1. The lowest BCUT2D eigenvalue weighted by atomic mass is 10.3. The van der Waals surface area contributed by atoms with E-state index in [1.807, 2.05) is 13.8 Å². The fraction of sp³-hybridized carbons (Fsp3) is 0.300. The maximum Gasteiger partial charge on any atom is 0.193 e. The van der Waals surface area contributed by atoms with Gasteiger partial charge in [-0.15, -0.1) is 0 Å². The van der Waals surface area contributed by atoms with Crippen molar-refractivity contribution in [2.24, 2.45) is 10.7 Å². The number of guanidine groups is 1. The number of nitrogens with one attached hydrogen (secondary N) is 1. The first-order valence-corrected chi connectivity index (χ1v) is 4.91. The highest BCUT2D eigenvalue weighted by molar-refractivity contribution is 6.30. The van der Waals surface area contributed by atoms with Crippen molar-refractivity contribution in [3.05, 3.63) is 29.0 Å². The molecule has 0 aliphatic heterocycles. The van der Waals surface area contributed by atoms with Gasteiger partial charge in [0.15, 0.2) is 5.96 Å². The Morgan fingerprint density at radius 2 is 2.13 bits per heavy atom. The summed E-state index contributed by atoms with van der Waals surface area (Å²) >= 11 is 5.68. The lowest BCUT2D eigenvalue weighted by Gasteiger charge is -2.07. The molecule has 0 bridgehead atoms. The number of aliphatic imine (C=N–C) groups is 1. The molecule has 0 aliphatic carbocycles. The second-order valence-electron chi connectivity index (χ2n) is 3.39. The van der Waals surface area contributed by atoms with E-state index in [0.717, 1.165) is 0 Å². The number of anilines is 1. The highest BCUT2D eigenvalue weighted by Crippen LogP contribution is 2.17. The summed E-state index contributed by atoms with van der Waals surface area (Å²) in [4.78, 5) is 4.05. The smallest absolute Gasteiger partial charge is 0.193 e. The summed E-state index contributed by atoms with van der Waals surface area (Å²) in [5.41, 5.74) is 6.07. The van der Waals surface area contributed by atoms with E-state index in [0.29, 0.717) is 10.7 Å². The Kier molecular flexibility index (Phi) is 3.91. The van der Waals surface area contributed by atoms with Gasteiger partial charge in [0.25, 0.3) is 0 Å². The van der Waals surface area contributed by atoms with Crippen LogP contribution in [0.4, 0.5) is 10.1 Å². The van der Waals surface area contributed by atoms with Crippen LogP contribution in [0.2, 0.25) is 5.02 Å². The fourth-order valence-electron chi connectivity index (χ4n) is 1.08. The fourth-order valence-corrected chi connectivity index (χ4v) is 1.31. The molecule has 0 saturated heterocycles. The number of nitrogens with zero attached hydrogens (tertiary/aromatic N) is 1. The van der Waals surface area contributed by atoms with Crippen molar-refractivity contribution in [3.63, 3.8) is 0 Å². The Bertz CT molecular complexity index is 357. The van der Waals surface area contributed by atoms with Gasteiger partial charge in [-0.3, -0.25) is 4.99 Å². The molecule has 1 rings (SSSR count). The highest BCUT2D eigenvalue weighted by atomic mass is 35.5. The lowest BCUT2D eigenvalue weighted by Crippen LogP contribution is -2.24. The monoisotopic (exact) mass is 229 g/mol. The summed E-state index contributed by atoms with van der Waals surface area (Å²) in [6.07, 6.45) is 0. The third kappa shape index (κ3) is 4.16. The Labute approximate surface area is 93.1 Å². The molecule has 0 amide bonds. The molecule has 0 heterocycles. The van der Waals surface area contributed by atoms with Crippen LogP contribution in [0, 0.1) is 5.82 Å². The number of benzene rings is 1. The van der Waals surface area contributed by atoms with Crippen molar-refractivity contribution in [2.45, 2.75) is 19.9 Å². The first kappa shape index (κ1) is 11.8. The van der Waals surface area contributed by atoms with E-state index in [4.69, 9.17) is 17.3 Å². The minimum Gasteiger partial charge on any atom is -0.370 e. The number of halogens is 2. The van der Waals surface area contributed by atoms with Crippen LogP contribution in [0.25, 0.3) is 0 Å². The standard InChI is InChI=1S/C10H13ClFN3/c1-6(2)14-10(13)15-9-4-7(11)3-8(12)5-9/h3-6H,1-2H3,(H3,13,14,15). The third-order valence-electron chi connectivity index (χ3n) is 1.53. The molecule has 5 heteroatoms. The first-order chi connectivity index (χ1) is 6.97. The predicted molar refractivity (Wildman–Crippen MR) is 61.8 cm³/mol. The van der Waals surface area contributed by atoms with Gasteiger partial charge in [0, 0.05) is 16.8 Å². The van der Waals surface area contributed by atoms with Crippen molar-refractivity contribution in [1.29, 1.82) is 0 Å². The van der Waals surface area contributed by atoms with Crippen molar-refractivity contribution in [1.82, 2.24) is 0 Å². The van der Waals surface area contributed by atoms with Crippen LogP contribution in [0.3, 0.4) is 0 Å². The Morgan fingerprint density at radius 3 is 2.67 bits per heavy atom. The van der Waals surface area contributed by atoms with Crippen LogP contribution in [-0.4, -0.2) is 12.0 Å². The van der Waals surface area contributed by atoms with Crippen LogP contribution in [0.1, 0.15) is 13.8 Å². The van der Waals surface area contributed by atoms with E-state index in [1.165, 1.54) is 12.1 Å². The normalized spacial score (nSPS) is 11.9. The van der Waals surface area contributed by atoms with Crippen LogP contribution in [0.5, 0.6) is 0 Å². The summed E-state index contributed by atoms with van der Waals surface area (Å²) in [6.45, 7) is 3.79. The molecule has 0 aliphatic rings. The summed E-state index contributed by atoms with van der Waals surface area (Å²) < 4.78 is 12.9. The average molecular weight is 230 g/mol. The molecule has 0 fully saturated rings. The number of hydrogen-bond donors (Lipinski definition) is 2. The second kappa shape index (κ2) is 4.98. The van der Waals surface area contributed by atoms with Gasteiger partial charge in [0.2, 0.25) is 0 Å². The van der Waals surface area contributed by atoms with E-state index in [-0.39, 0.29) is 12.0 Å². The van der Waals surface area contributed by atoms with Crippen molar-refractivity contribution >= 4 is 23.2 Å². The average Bonchev–Trinajstić information content (AvgIpc) is 1.98. The summed E-state index contributed by atoms with van der Waals surface area (Å²) in [5, 5.41) is 3.07. The van der Waals surface area contributed by atoms with Gasteiger partial charge in [-0.05, 0) is 32.0 Å². The van der Waals surface area contributed by atoms with Crippen molar-refractivity contribution < 1.29 is 4.39 Å². The number of nitrogens with two attached hydrogens (primary N) is 1. The second-order valence-corrected chi connectivity index (χ2v) is 3.83. The number of rotatable bonds is 2. The van der Waals surface area contributed by atoms with Crippen molar-refractivity contribution in [2.75, 3.05) is 5.32 Å². The van der Waals surface area contributed by atoms with Gasteiger partial charge >= 0.3 is 0 Å².